The topological polar surface area (TPSA) is 74.3 Å². The molecule has 0 bridgehead atoms. The van der Waals surface area contributed by atoms with Gasteiger partial charge < -0.3 is 10.0 Å². The van der Waals surface area contributed by atoms with Gasteiger partial charge in [-0.25, -0.2) is 0 Å². The zero-order valence-electron chi connectivity index (χ0n) is 19.1. The molecule has 0 aromatic heterocycles. The van der Waals surface area contributed by atoms with Crippen LogP contribution in [-0.2, 0) is 6.54 Å². The summed E-state index contributed by atoms with van der Waals surface area (Å²) in [6, 6.07) is 27.7. The molecule has 0 saturated carbocycles. The average Bonchev–Trinajstić information content (AvgIpc) is 2.87. The van der Waals surface area contributed by atoms with Crippen LogP contribution in [0.25, 0.3) is 0 Å². The number of nitrogens with zero attached hydrogens (tertiary/aromatic N) is 4. The van der Waals surface area contributed by atoms with Crippen molar-refractivity contribution in [2.75, 3.05) is 38.2 Å². The van der Waals surface area contributed by atoms with Crippen LogP contribution in [0, 0.1) is 29.6 Å². The fourth-order valence-corrected chi connectivity index (χ4v) is 3.76. The monoisotopic (exact) mass is 460 g/mol. The normalized spacial score (nSPS) is 12.8. The predicted molar refractivity (Wildman–Crippen MR) is 134 cm³/mol. The Morgan fingerprint density at radius 3 is 1.88 bits per heavy atom. The third-order valence-electron chi connectivity index (χ3n) is 5.22. The number of aryl methyl sites for hydroxylation is 1. The molecule has 3 aromatic carbocycles. The Balaban J connectivity index is 0.000000362. The lowest BCUT2D eigenvalue weighted by molar-refractivity contribution is 0.250. The van der Waals surface area contributed by atoms with Crippen molar-refractivity contribution in [3.8, 4) is 12.1 Å². The van der Waals surface area contributed by atoms with Crippen LogP contribution in [0.4, 0.5) is 5.69 Å². The summed E-state index contributed by atoms with van der Waals surface area (Å²) in [7, 11) is 1.00. The van der Waals surface area contributed by atoms with Crippen LogP contribution >= 0.6 is 11.6 Å². The first-order valence-corrected chi connectivity index (χ1v) is 11.1. The third kappa shape index (κ3) is 8.25. The molecular weight excluding hydrogens is 432 g/mol. The molecule has 5 nitrogen and oxygen atoms in total. The van der Waals surface area contributed by atoms with E-state index in [-0.39, 0.29) is 0 Å². The highest BCUT2D eigenvalue weighted by Crippen LogP contribution is 2.27. The van der Waals surface area contributed by atoms with E-state index >= 15 is 0 Å². The summed E-state index contributed by atoms with van der Waals surface area (Å²) in [6.07, 6.45) is 0. The third-order valence-corrected chi connectivity index (χ3v) is 5.52. The molecule has 0 unspecified atom stereocenters. The number of aliphatic hydroxyl groups excluding tert-OH is 1. The van der Waals surface area contributed by atoms with Gasteiger partial charge in [-0.05, 0) is 42.8 Å². The average molecular weight is 461 g/mol. The number of piperazine rings is 1. The van der Waals surface area contributed by atoms with E-state index in [1.807, 2.05) is 54.6 Å². The Kier molecular flexibility index (Phi) is 10.9. The second kappa shape index (κ2) is 13.9. The Morgan fingerprint density at radius 1 is 0.818 bits per heavy atom. The molecule has 170 valence electrons. The number of nitriles is 2. The van der Waals surface area contributed by atoms with Crippen LogP contribution in [-0.4, -0.2) is 43.3 Å². The van der Waals surface area contributed by atoms with Gasteiger partial charge in [-0.15, -0.1) is 0 Å². The first-order valence-electron chi connectivity index (χ1n) is 10.7. The Labute approximate surface area is 201 Å². The second-order valence-electron chi connectivity index (χ2n) is 7.50. The molecule has 3 aromatic rings. The summed E-state index contributed by atoms with van der Waals surface area (Å²) in [6.45, 7) is 6.69. The van der Waals surface area contributed by atoms with E-state index in [1.165, 1.54) is 11.1 Å². The largest absolute Gasteiger partial charge is 0.400 e. The highest BCUT2D eigenvalue weighted by Gasteiger charge is 2.19. The number of aliphatic hydroxyl groups is 1. The molecule has 1 saturated heterocycles. The number of anilines is 1. The van der Waals surface area contributed by atoms with Crippen molar-refractivity contribution in [1.82, 2.24) is 4.90 Å². The summed E-state index contributed by atoms with van der Waals surface area (Å²) >= 11 is 6.30. The van der Waals surface area contributed by atoms with Crippen LogP contribution in [0.1, 0.15) is 22.3 Å². The van der Waals surface area contributed by atoms with Gasteiger partial charge in [-0.3, -0.25) is 4.90 Å². The van der Waals surface area contributed by atoms with Crippen molar-refractivity contribution >= 4 is 17.3 Å². The van der Waals surface area contributed by atoms with Crippen LogP contribution in [0.15, 0.2) is 72.8 Å². The molecule has 1 heterocycles. The van der Waals surface area contributed by atoms with Gasteiger partial charge in [-0.2, -0.15) is 10.5 Å². The minimum atomic E-state index is 0.586. The highest BCUT2D eigenvalue weighted by atomic mass is 35.5. The van der Waals surface area contributed by atoms with Gasteiger partial charge in [0.25, 0.3) is 0 Å². The minimum absolute atomic E-state index is 0.586. The van der Waals surface area contributed by atoms with E-state index in [0.717, 1.165) is 45.5 Å². The van der Waals surface area contributed by atoms with Gasteiger partial charge in [-0.1, -0.05) is 59.6 Å². The van der Waals surface area contributed by atoms with Crippen molar-refractivity contribution in [2.45, 2.75) is 13.5 Å². The molecule has 0 spiro atoms. The molecule has 33 heavy (non-hydrogen) atoms. The van der Waals surface area contributed by atoms with Crippen LogP contribution in [0.5, 0.6) is 0 Å². The van der Waals surface area contributed by atoms with Gasteiger partial charge >= 0.3 is 0 Å². The Morgan fingerprint density at radius 2 is 1.39 bits per heavy atom. The highest BCUT2D eigenvalue weighted by molar-refractivity contribution is 6.33. The quantitative estimate of drug-likeness (QED) is 0.594. The molecule has 1 aliphatic heterocycles. The Hall–Kier alpha value is -3.35. The predicted octanol–water partition coefficient (Wildman–Crippen LogP) is 5.01. The lowest BCUT2D eigenvalue weighted by atomic mass is 10.1. The van der Waals surface area contributed by atoms with E-state index in [0.29, 0.717) is 16.1 Å². The molecule has 1 aliphatic rings. The fraction of sp³-hybridized carbons (Fsp3) is 0.259. The molecule has 0 aliphatic carbocycles. The molecule has 0 amide bonds. The van der Waals surface area contributed by atoms with Gasteiger partial charge in [0.2, 0.25) is 0 Å². The first kappa shape index (κ1) is 25.9. The summed E-state index contributed by atoms with van der Waals surface area (Å²) in [5, 5.41) is 25.4. The minimum Gasteiger partial charge on any atom is -0.400 e. The number of halogens is 1. The molecule has 0 radical (unpaired) electrons. The van der Waals surface area contributed by atoms with Crippen molar-refractivity contribution in [2.24, 2.45) is 0 Å². The molecule has 1 fully saturated rings. The maximum atomic E-state index is 8.92. The van der Waals surface area contributed by atoms with Gasteiger partial charge in [0.1, 0.15) is 0 Å². The molecule has 0 atom stereocenters. The van der Waals surface area contributed by atoms with E-state index in [2.05, 4.69) is 41.0 Å². The lowest BCUT2D eigenvalue weighted by Crippen LogP contribution is -2.46. The van der Waals surface area contributed by atoms with Crippen LogP contribution in [0.3, 0.4) is 0 Å². The van der Waals surface area contributed by atoms with Crippen LogP contribution < -0.4 is 4.90 Å². The summed E-state index contributed by atoms with van der Waals surface area (Å²) in [4.78, 5) is 4.66. The van der Waals surface area contributed by atoms with Crippen molar-refractivity contribution in [3.63, 3.8) is 0 Å². The number of hydrogen-bond donors (Lipinski definition) is 1. The fourth-order valence-electron chi connectivity index (χ4n) is 3.46. The standard InChI is InChI=1S/C19H17ClN4.C7H8.CH4O/c20-18-11-17(13-22)5-6-19(18)24-9-7-23(8-10-24)14-16-3-1-15(12-21)2-4-16;1-7-5-3-2-4-6-7;1-2/h1-6,11H,7-10,14H2;2-6H,1H3;2H,1H3. The van der Waals surface area contributed by atoms with Crippen molar-refractivity contribution < 1.29 is 5.11 Å². The van der Waals surface area contributed by atoms with E-state index in [4.69, 9.17) is 27.2 Å². The maximum Gasteiger partial charge on any atom is 0.0992 e. The number of benzene rings is 3. The van der Waals surface area contributed by atoms with E-state index < -0.39 is 0 Å². The zero-order chi connectivity index (χ0) is 24.1. The van der Waals surface area contributed by atoms with Crippen molar-refractivity contribution in [1.29, 1.82) is 10.5 Å². The van der Waals surface area contributed by atoms with Crippen LogP contribution in [0.2, 0.25) is 5.02 Å². The SMILES string of the molecule is CO.Cc1ccccc1.N#Cc1ccc(CN2CCN(c3ccc(C#N)cc3Cl)CC2)cc1. The van der Waals surface area contributed by atoms with E-state index in [9.17, 15) is 0 Å². The summed E-state index contributed by atoms with van der Waals surface area (Å²) in [5.74, 6) is 0. The number of hydrogen-bond acceptors (Lipinski definition) is 5. The molecule has 6 heteroatoms. The first-order chi connectivity index (χ1) is 16.1. The molecule has 4 rings (SSSR count). The summed E-state index contributed by atoms with van der Waals surface area (Å²) < 4.78 is 0. The van der Waals surface area contributed by atoms with Gasteiger partial charge in [0.05, 0.1) is 34.0 Å². The number of rotatable bonds is 3. The lowest BCUT2D eigenvalue weighted by Gasteiger charge is -2.36. The van der Waals surface area contributed by atoms with Crippen molar-refractivity contribution in [3.05, 3.63) is 100 Å². The molecular formula is C27H29ClN4O. The van der Waals surface area contributed by atoms with Gasteiger partial charge in [0, 0.05) is 39.8 Å². The van der Waals surface area contributed by atoms with E-state index in [1.54, 1.807) is 6.07 Å². The zero-order valence-corrected chi connectivity index (χ0v) is 19.8. The molecule has 1 N–H and O–H groups in total. The summed E-state index contributed by atoms with van der Waals surface area (Å²) in [5.41, 5.74) is 4.82. The Bertz CT molecular complexity index is 1060. The second-order valence-corrected chi connectivity index (χ2v) is 7.91. The smallest absolute Gasteiger partial charge is 0.0992 e. The maximum absolute atomic E-state index is 8.92. The van der Waals surface area contributed by atoms with Gasteiger partial charge in [0.15, 0.2) is 0 Å².